The molecule has 1 aliphatic rings. The Kier molecular flexibility index (Phi) is 3.25. The van der Waals surface area contributed by atoms with Crippen LogP contribution in [0.5, 0.6) is 0 Å². The summed E-state index contributed by atoms with van der Waals surface area (Å²) < 4.78 is 0. The van der Waals surface area contributed by atoms with E-state index in [0.717, 1.165) is 30.0 Å². The minimum Gasteiger partial charge on any atom is -0.338 e. The average Bonchev–Trinajstić information content (AvgIpc) is 3.22. The van der Waals surface area contributed by atoms with E-state index in [1.807, 2.05) is 24.0 Å². The number of carbonyl (C=O) groups excluding carboxylic acids is 1. The number of amides is 1. The molecule has 1 N–H and O–H groups in total. The molecule has 23 heavy (non-hydrogen) atoms. The van der Waals surface area contributed by atoms with Crippen LogP contribution in [0, 0.1) is 6.92 Å². The van der Waals surface area contributed by atoms with Gasteiger partial charge in [-0.1, -0.05) is 0 Å². The lowest BCUT2D eigenvalue weighted by Crippen LogP contribution is -2.28. The third-order valence-corrected chi connectivity index (χ3v) is 4.22. The summed E-state index contributed by atoms with van der Waals surface area (Å²) in [6, 6.07) is 7.26. The molecular formula is C16H16N6O. The van der Waals surface area contributed by atoms with E-state index in [9.17, 15) is 4.79 Å². The number of fused-ring (bicyclic) bond motifs is 1. The van der Waals surface area contributed by atoms with Crippen LogP contribution in [0.2, 0.25) is 0 Å². The first-order valence-electron chi connectivity index (χ1n) is 7.60. The van der Waals surface area contributed by atoms with Crippen LogP contribution in [0.3, 0.4) is 0 Å². The summed E-state index contributed by atoms with van der Waals surface area (Å²) in [7, 11) is 0. The third kappa shape index (κ3) is 2.54. The molecule has 1 saturated heterocycles. The van der Waals surface area contributed by atoms with Crippen molar-refractivity contribution in [2.24, 2.45) is 0 Å². The summed E-state index contributed by atoms with van der Waals surface area (Å²) in [4.78, 5) is 23.4. The molecule has 0 radical (unpaired) electrons. The van der Waals surface area contributed by atoms with Crippen LogP contribution in [0.25, 0.3) is 11.0 Å². The maximum atomic E-state index is 12.7. The van der Waals surface area contributed by atoms with E-state index in [2.05, 4.69) is 25.4 Å². The zero-order chi connectivity index (χ0) is 15.8. The molecule has 7 heteroatoms. The standard InChI is InChI=1S/C16H16N6O/c1-10-4-6-17-15(18-10)12-5-7-22(9-12)16(23)11-2-3-13-14(8-11)20-21-19-13/h2-4,6,8,12H,5,7,9H2,1H3,(H,19,20,21)/t12-/m1/s1. The molecule has 1 aliphatic heterocycles. The van der Waals surface area contributed by atoms with E-state index in [4.69, 9.17) is 0 Å². The lowest BCUT2D eigenvalue weighted by Gasteiger charge is -2.16. The van der Waals surface area contributed by atoms with Crippen molar-refractivity contribution in [2.45, 2.75) is 19.3 Å². The predicted molar refractivity (Wildman–Crippen MR) is 83.9 cm³/mol. The minimum atomic E-state index is 0.0186. The van der Waals surface area contributed by atoms with Gasteiger partial charge in [-0.2, -0.15) is 15.4 Å². The van der Waals surface area contributed by atoms with Gasteiger partial charge in [-0.3, -0.25) is 4.79 Å². The van der Waals surface area contributed by atoms with E-state index >= 15 is 0 Å². The molecule has 1 amide bonds. The van der Waals surface area contributed by atoms with Gasteiger partial charge in [0.2, 0.25) is 0 Å². The molecule has 1 atom stereocenters. The molecule has 3 heterocycles. The Labute approximate surface area is 132 Å². The summed E-state index contributed by atoms with van der Waals surface area (Å²) in [6.45, 7) is 3.33. The monoisotopic (exact) mass is 308 g/mol. The van der Waals surface area contributed by atoms with Gasteiger partial charge < -0.3 is 4.90 Å². The van der Waals surface area contributed by atoms with Crippen LogP contribution in [0.1, 0.15) is 34.2 Å². The van der Waals surface area contributed by atoms with Gasteiger partial charge in [0.1, 0.15) is 16.9 Å². The average molecular weight is 308 g/mol. The van der Waals surface area contributed by atoms with E-state index in [0.29, 0.717) is 17.6 Å². The Morgan fingerprint density at radius 3 is 3.00 bits per heavy atom. The lowest BCUT2D eigenvalue weighted by molar-refractivity contribution is 0.0790. The number of nitrogens with one attached hydrogen (secondary N) is 1. The van der Waals surface area contributed by atoms with Crippen molar-refractivity contribution in [3.8, 4) is 0 Å². The summed E-state index contributed by atoms with van der Waals surface area (Å²) in [5.41, 5.74) is 3.05. The maximum Gasteiger partial charge on any atom is 0.253 e. The fourth-order valence-corrected chi connectivity index (χ4v) is 2.98. The number of carbonyl (C=O) groups is 1. The number of aryl methyl sites for hydroxylation is 1. The minimum absolute atomic E-state index is 0.0186. The number of aromatic amines is 1. The van der Waals surface area contributed by atoms with Crippen molar-refractivity contribution in [1.82, 2.24) is 30.3 Å². The van der Waals surface area contributed by atoms with Crippen molar-refractivity contribution in [3.05, 3.63) is 47.5 Å². The molecule has 0 bridgehead atoms. The molecule has 7 nitrogen and oxygen atoms in total. The van der Waals surface area contributed by atoms with Crippen LogP contribution in [0.4, 0.5) is 0 Å². The summed E-state index contributed by atoms with van der Waals surface area (Å²) in [5, 5.41) is 10.6. The van der Waals surface area contributed by atoms with Gasteiger partial charge in [-0.05, 0) is 37.6 Å². The second-order valence-electron chi connectivity index (χ2n) is 5.82. The van der Waals surface area contributed by atoms with Crippen molar-refractivity contribution < 1.29 is 4.79 Å². The van der Waals surface area contributed by atoms with Crippen molar-refractivity contribution in [3.63, 3.8) is 0 Å². The van der Waals surface area contributed by atoms with E-state index in [1.54, 1.807) is 18.3 Å². The first kappa shape index (κ1) is 13.8. The van der Waals surface area contributed by atoms with Crippen LogP contribution in [-0.4, -0.2) is 49.3 Å². The van der Waals surface area contributed by atoms with Crippen LogP contribution in [0.15, 0.2) is 30.5 Å². The normalized spacial score (nSPS) is 17.8. The van der Waals surface area contributed by atoms with E-state index < -0.39 is 0 Å². The molecule has 3 aromatic rings. The number of nitrogens with zero attached hydrogens (tertiary/aromatic N) is 5. The van der Waals surface area contributed by atoms with Gasteiger partial charge >= 0.3 is 0 Å². The molecule has 116 valence electrons. The summed E-state index contributed by atoms with van der Waals surface area (Å²) in [5.74, 6) is 1.05. The smallest absolute Gasteiger partial charge is 0.253 e. The molecule has 1 aromatic carbocycles. The van der Waals surface area contributed by atoms with Gasteiger partial charge in [0.25, 0.3) is 5.91 Å². The van der Waals surface area contributed by atoms with Gasteiger partial charge in [0.15, 0.2) is 0 Å². The van der Waals surface area contributed by atoms with Gasteiger partial charge in [0, 0.05) is 36.5 Å². The molecule has 0 spiro atoms. The fraction of sp³-hybridized carbons (Fsp3) is 0.312. The van der Waals surface area contributed by atoms with E-state index in [1.165, 1.54) is 0 Å². The van der Waals surface area contributed by atoms with Crippen molar-refractivity contribution in [1.29, 1.82) is 0 Å². The number of H-pyrrole nitrogens is 1. The number of hydrogen-bond acceptors (Lipinski definition) is 5. The topological polar surface area (TPSA) is 87.7 Å². The molecule has 2 aromatic heterocycles. The zero-order valence-corrected chi connectivity index (χ0v) is 12.7. The molecule has 0 aliphatic carbocycles. The number of likely N-dealkylation sites (tertiary alicyclic amines) is 1. The number of aromatic nitrogens is 5. The number of rotatable bonds is 2. The lowest BCUT2D eigenvalue weighted by atomic mass is 10.1. The fourth-order valence-electron chi connectivity index (χ4n) is 2.98. The molecule has 0 saturated carbocycles. The first-order valence-corrected chi connectivity index (χ1v) is 7.60. The zero-order valence-electron chi connectivity index (χ0n) is 12.7. The maximum absolute atomic E-state index is 12.7. The summed E-state index contributed by atoms with van der Waals surface area (Å²) >= 11 is 0. The highest BCUT2D eigenvalue weighted by atomic mass is 16.2. The Hall–Kier alpha value is -2.83. The van der Waals surface area contributed by atoms with Crippen molar-refractivity contribution in [2.75, 3.05) is 13.1 Å². The first-order chi connectivity index (χ1) is 11.2. The summed E-state index contributed by atoms with van der Waals surface area (Å²) in [6.07, 6.45) is 2.67. The van der Waals surface area contributed by atoms with Gasteiger partial charge in [0.05, 0.1) is 0 Å². The second-order valence-corrected chi connectivity index (χ2v) is 5.82. The van der Waals surface area contributed by atoms with Gasteiger partial charge in [-0.15, -0.1) is 0 Å². The Balaban J connectivity index is 1.53. The SMILES string of the molecule is Cc1ccnc([C@@H]2CCN(C(=O)c3ccc4n[nH]nc4c3)C2)n1. The predicted octanol–water partition coefficient (Wildman–Crippen LogP) is 1.69. The quantitative estimate of drug-likeness (QED) is 0.778. The Morgan fingerprint density at radius 1 is 1.26 bits per heavy atom. The Bertz CT molecular complexity index is 874. The van der Waals surface area contributed by atoms with Crippen LogP contribution < -0.4 is 0 Å². The highest BCUT2D eigenvalue weighted by Gasteiger charge is 2.29. The van der Waals surface area contributed by atoms with Crippen LogP contribution in [-0.2, 0) is 0 Å². The highest BCUT2D eigenvalue weighted by Crippen LogP contribution is 2.26. The molecule has 4 rings (SSSR count). The van der Waals surface area contributed by atoms with Crippen LogP contribution >= 0.6 is 0 Å². The van der Waals surface area contributed by atoms with Gasteiger partial charge in [-0.25, -0.2) is 9.97 Å². The third-order valence-electron chi connectivity index (χ3n) is 4.22. The van der Waals surface area contributed by atoms with Crippen molar-refractivity contribution >= 4 is 16.9 Å². The molecule has 0 unspecified atom stereocenters. The highest BCUT2D eigenvalue weighted by molar-refractivity contribution is 5.97. The number of hydrogen-bond donors (Lipinski definition) is 1. The molecule has 1 fully saturated rings. The number of benzene rings is 1. The Morgan fingerprint density at radius 2 is 2.13 bits per heavy atom. The molecular weight excluding hydrogens is 292 g/mol. The second kappa shape index (κ2) is 5.42. The van der Waals surface area contributed by atoms with E-state index in [-0.39, 0.29) is 11.8 Å². The largest absolute Gasteiger partial charge is 0.338 e.